The van der Waals surface area contributed by atoms with Crippen molar-refractivity contribution in [3.05, 3.63) is 53.1 Å². The van der Waals surface area contributed by atoms with Crippen LogP contribution in [0, 0.1) is 0 Å². The van der Waals surface area contributed by atoms with Crippen molar-refractivity contribution >= 4 is 39.5 Å². The molecular weight excluding hydrogens is 452 g/mol. The number of piperidine rings is 1. The lowest BCUT2D eigenvalue weighted by Crippen LogP contribution is -2.28. The van der Waals surface area contributed by atoms with Crippen LogP contribution in [-0.4, -0.2) is 37.3 Å². The fourth-order valence-electron chi connectivity index (χ4n) is 4.55. The number of fused-ring (bicyclic) bond motifs is 2. The zero-order chi connectivity index (χ0) is 21.6. The molecule has 2 aliphatic rings. The normalized spacial score (nSPS) is 16.5. The summed E-state index contributed by atoms with van der Waals surface area (Å²) in [4.78, 5) is 18.4. The van der Waals surface area contributed by atoms with Crippen molar-refractivity contribution in [3.63, 3.8) is 0 Å². The first-order valence-electron chi connectivity index (χ1n) is 10.4. The number of hydrogen-bond acceptors (Lipinski definition) is 5. The van der Waals surface area contributed by atoms with Crippen LogP contribution in [0.2, 0.25) is 0 Å². The lowest BCUT2D eigenvalue weighted by molar-refractivity contribution is 0.0966. The molecule has 5 rings (SSSR count). The number of amides is 1. The molecule has 4 N–H and O–H groups in total. The van der Waals surface area contributed by atoms with Gasteiger partial charge in [0.2, 0.25) is 0 Å². The molecule has 170 valence electrons. The van der Waals surface area contributed by atoms with Crippen LogP contribution in [0.5, 0.6) is 5.75 Å². The summed E-state index contributed by atoms with van der Waals surface area (Å²) in [6, 6.07) is 11.6. The van der Waals surface area contributed by atoms with E-state index in [9.17, 15) is 13.2 Å². The van der Waals surface area contributed by atoms with Gasteiger partial charge >= 0.3 is 10.3 Å². The molecule has 2 aromatic carbocycles. The molecule has 3 heterocycles. The second-order valence-corrected chi connectivity index (χ2v) is 9.32. The lowest BCUT2D eigenvalue weighted by Gasteiger charge is -2.26. The summed E-state index contributed by atoms with van der Waals surface area (Å²) < 4.78 is 27.6. The van der Waals surface area contributed by atoms with Gasteiger partial charge < -0.3 is 14.5 Å². The fraction of sp³-hybridized carbons (Fsp3) is 0.318. The van der Waals surface area contributed by atoms with E-state index in [0.29, 0.717) is 16.7 Å². The molecule has 1 saturated heterocycles. The molecule has 0 spiro atoms. The first-order chi connectivity index (χ1) is 14.9. The standard InChI is InChI=1S/C22H24N4O4S.ClH/c23-31(28,29)30-20-7-5-16(21-17(20)12-24-22(21)27)19-11-15-10-14(4-6-18(15)25-19)13-26-8-2-1-3-9-26;/h4-7,10-11,25H,1-3,8-9,12-13H2,(H,24,27)(H2,23,28,29);1H. The Balaban J connectivity index is 0.00000245. The molecule has 8 nitrogen and oxygen atoms in total. The maximum absolute atomic E-state index is 12.5. The smallest absolute Gasteiger partial charge is 0.371 e. The molecule has 2 aliphatic heterocycles. The molecule has 0 radical (unpaired) electrons. The van der Waals surface area contributed by atoms with Gasteiger partial charge in [-0.15, -0.1) is 12.4 Å². The van der Waals surface area contributed by atoms with Crippen molar-refractivity contribution in [2.45, 2.75) is 32.4 Å². The van der Waals surface area contributed by atoms with Crippen LogP contribution >= 0.6 is 12.4 Å². The van der Waals surface area contributed by atoms with Gasteiger partial charge in [-0.25, -0.2) is 0 Å². The van der Waals surface area contributed by atoms with Gasteiger partial charge in [0.1, 0.15) is 5.75 Å². The van der Waals surface area contributed by atoms with Gasteiger partial charge in [-0.2, -0.15) is 13.6 Å². The van der Waals surface area contributed by atoms with Crippen molar-refractivity contribution in [2.75, 3.05) is 13.1 Å². The van der Waals surface area contributed by atoms with E-state index < -0.39 is 10.3 Å². The van der Waals surface area contributed by atoms with Gasteiger partial charge in [-0.3, -0.25) is 9.69 Å². The maximum atomic E-state index is 12.5. The number of hydrogen-bond donors (Lipinski definition) is 3. The maximum Gasteiger partial charge on any atom is 0.380 e. The van der Waals surface area contributed by atoms with Gasteiger partial charge in [0, 0.05) is 40.8 Å². The highest BCUT2D eigenvalue weighted by Crippen LogP contribution is 2.36. The molecule has 1 amide bonds. The number of H-pyrrole nitrogens is 1. The molecule has 32 heavy (non-hydrogen) atoms. The second-order valence-electron chi connectivity index (χ2n) is 8.17. The average molecular weight is 477 g/mol. The van der Waals surface area contributed by atoms with E-state index in [1.165, 1.54) is 30.9 Å². The van der Waals surface area contributed by atoms with Crippen LogP contribution in [0.4, 0.5) is 0 Å². The zero-order valence-electron chi connectivity index (χ0n) is 17.4. The van der Waals surface area contributed by atoms with Crippen molar-refractivity contribution < 1.29 is 17.4 Å². The van der Waals surface area contributed by atoms with Gasteiger partial charge in [-0.05, 0) is 61.8 Å². The first kappa shape index (κ1) is 22.6. The Bertz CT molecular complexity index is 1280. The van der Waals surface area contributed by atoms with Crippen molar-refractivity contribution in [2.24, 2.45) is 5.14 Å². The first-order valence-corrected chi connectivity index (χ1v) is 11.9. The van der Waals surface area contributed by atoms with Crippen LogP contribution in [-0.2, 0) is 23.4 Å². The number of nitrogens with zero attached hydrogens (tertiary/aromatic N) is 1. The molecule has 1 fully saturated rings. The van der Waals surface area contributed by atoms with Crippen LogP contribution in [0.3, 0.4) is 0 Å². The molecule has 10 heteroatoms. The minimum Gasteiger partial charge on any atom is -0.371 e. The van der Waals surface area contributed by atoms with E-state index in [-0.39, 0.29) is 30.6 Å². The van der Waals surface area contributed by atoms with E-state index in [0.717, 1.165) is 36.2 Å². The fourth-order valence-corrected chi connectivity index (χ4v) is 4.96. The third kappa shape index (κ3) is 4.47. The molecule has 0 aliphatic carbocycles. The predicted octanol–water partition coefficient (Wildman–Crippen LogP) is 3.07. The Morgan fingerprint density at radius 3 is 2.59 bits per heavy atom. The highest BCUT2D eigenvalue weighted by atomic mass is 35.5. The molecule has 3 aromatic rings. The third-order valence-corrected chi connectivity index (χ3v) is 6.37. The molecule has 1 aromatic heterocycles. The number of likely N-dealkylation sites (tertiary alicyclic amines) is 1. The Hall–Kier alpha value is -2.59. The van der Waals surface area contributed by atoms with E-state index in [1.54, 1.807) is 6.07 Å². The molecule has 0 bridgehead atoms. The summed E-state index contributed by atoms with van der Waals surface area (Å²) in [7, 11) is -4.18. The summed E-state index contributed by atoms with van der Waals surface area (Å²) in [6.45, 7) is 3.41. The van der Waals surface area contributed by atoms with E-state index >= 15 is 0 Å². The number of nitrogens with two attached hydrogens (primary N) is 1. The monoisotopic (exact) mass is 476 g/mol. The number of rotatable bonds is 5. The van der Waals surface area contributed by atoms with Crippen LogP contribution < -0.4 is 14.6 Å². The number of carbonyl (C=O) groups excluding carboxylic acids is 1. The zero-order valence-corrected chi connectivity index (χ0v) is 19.0. The number of halogens is 1. The quantitative estimate of drug-likeness (QED) is 0.523. The predicted molar refractivity (Wildman–Crippen MR) is 125 cm³/mol. The molecule has 0 saturated carbocycles. The summed E-state index contributed by atoms with van der Waals surface area (Å²) >= 11 is 0. The number of aromatic amines is 1. The SMILES string of the molecule is Cl.NS(=O)(=O)Oc1ccc(-c2cc3cc(CN4CCCCC4)ccc3[nH]2)c2c1CNC2=O. The largest absolute Gasteiger partial charge is 0.380 e. The van der Waals surface area contributed by atoms with Gasteiger partial charge in [0.05, 0.1) is 5.56 Å². The van der Waals surface area contributed by atoms with Crippen LogP contribution in [0.25, 0.3) is 22.2 Å². The van der Waals surface area contributed by atoms with Crippen LogP contribution in [0.15, 0.2) is 36.4 Å². The summed E-state index contributed by atoms with van der Waals surface area (Å²) in [6.07, 6.45) is 3.83. The van der Waals surface area contributed by atoms with E-state index in [1.807, 2.05) is 6.07 Å². The van der Waals surface area contributed by atoms with Gasteiger partial charge in [-0.1, -0.05) is 12.5 Å². The number of benzene rings is 2. The van der Waals surface area contributed by atoms with Crippen molar-refractivity contribution in [3.8, 4) is 17.0 Å². The number of nitrogens with one attached hydrogen (secondary N) is 2. The van der Waals surface area contributed by atoms with Crippen LogP contribution in [0.1, 0.15) is 40.7 Å². The Kier molecular flexibility index (Phi) is 6.17. The second kappa shape index (κ2) is 8.74. The summed E-state index contributed by atoms with van der Waals surface area (Å²) in [5.41, 5.74) is 4.62. The highest BCUT2D eigenvalue weighted by molar-refractivity contribution is 7.84. The highest BCUT2D eigenvalue weighted by Gasteiger charge is 2.28. The summed E-state index contributed by atoms with van der Waals surface area (Å²) in [5, 5.41) is 8.82. The third-order valence-electron chi connectivity index (χ3n) is 5.96. The Morgan fingerprint density at radius 2 is 1.84 bits per heavy atom. The molecule has 0 atom stereocenters. The summed E-state index contributed by atoms with van der Waals surface area (Å²) in [5.74, 6) is -0.200. The lowest BCUT2D eigenvalue weighted by atomic mass is 9.99. The number of aromatic nitrogens is 1. The van der Waals surface area contributed by atoms with E-state index in [4.69, 9.17) is 9.32 Å². The molecular formula is C22H25ClN4O4S. The minimum absolute atomic E-state index is 0. The molecule has 0 unspecified atom stereocenters. The Labute approximate surface area is 192 Å². The minimum atomic E-state index is -4.18. The van der Waals surface area contributed by atoms with E-state index in [2.05, 4.69) is 33.4 Å². The Morgan fingerprint density at radius 1 is 1.06 bits per heavy atom. The van der Waals surface area contributed by atoms with Gasteiger partial charge in [0.15, 0.2) is 0 Å². The van der Waals surface area contributed by atoms with Gasteiger partial charge in [0.25, 0.3) is 5.91 Å². The average Bonchev–Trinajstić information content (AvgIpc) is 3.32. The topological polar surface area (TPSA) is 118 Å². The van der Waals surface area contributed by atoms with Crippen molar-refractivity contribution in [1.82, 2.24) is 15.2 Å². The van der Waals surface area contributed by atoms with Crippen molar-refractivity contribution in [1.29, 1.82) is 0 Å². The number of carbonyl (C=O) groups is 1.